The molecule has 1 aromatic carbocycles. The summed E-state index contributed by atoms with van der Waals surface area (Å²) < 4.78 is 10.3. The number of ketones is 1. The summed E-state index contributed by atoms with van der Waals surface area (Å²) in [5, 5.41) is 0.442. The molecule has 0 aliphatic rings. The van der Waals surface area contributed by atoms with E-state index in [9.17, 15) is 4.79 Å². The molecule has 0 bridgehead atoms. The third-order valence-corrected chi connectivity index (χ3v) is 2.43. The molecule has 1 aromatic rings. The van der Waals surface area contributed by atoms with Gasteiger partial charge in [-0.25, -0.2) is 0 Å². The lowest BCUT2D eigenvalue weighted by Gasteiger charge is -2.14. The molecule has 82 valence electrons. The van der Waals surface area contributed by atoms with Crippen LogP contribution in [0.1, 0.15) is 22.8 Å². The minimum Gasteiger partial charge on any atom is -0.492 e. The fourth-order valence-corrected chi connectivity index (χ4v) is 1.88. The molecular weight excluding hydrogens is 216 g/mol. The zero-order valence-corrected chi connectivity index (χ0v) is 9.94. The molecule has 4 heteroatoms. The molecule has 0 aliphatic carbocycles. The van der Waals surface area contributed by atoms with Crippen molar-refractivity contribution in [3.8, 4) is 11.5 Å². The monoisotopic (exact) mass is 228 g/mol. The number of carbonyl (C=O) groups is 1. The number of halogens is 1. The highest BCUT2D eigenvalue weighted by atomic mass is 35.5. The van der Waals surface area contributed by atoms with Crippen LogP contribution in [0.4, 0.5) is 0 Å². The number of carbonyl (C=O) groups excluding carboxylic acids is 1. The number of rotatable bonds is 3. The third kappa shape index (κ3) is 2.07. The Morgan fingerprint density at radius 3 is 2.20 bits per heavy atom. The van der Waals surface area contributed by atoms with E-state index >= 15 is 0 Å². The van der Waals surface area contributed by atoms with Crippen LogP contribution in [-0.4, -0.2) is 20.0 Å². The number of benzene rings is 1. The summed E-state index contributed by atoms with van der Waals surface area (Å²) in [4.78, 5) is 11.4. The largest absolute Gasteiger partial charge is 0.492 e. The van der Waals surface area contributed by atoms with Crippen molar-refractivity contribution in [1.82, 2.24) is 0 Å². The maximum Gasteiger partial charge on any atom is 0.180 e. The first-order valence-corrected chi connectivity index (χ1v) is 4.82. The molecule has 0 unspecified atom stereocenters. The summed E-state index contributed by atoms with van der Waals surface area (Å²) in [6.45, 7) is 3.29. The van der Waals surface area contributed by atoms with Gasteiger partial charge in [-0.1, -0.05) is 11.6 Å². The minimum absolute atomic E-state index is 0.0701. The Kier molecular flexibility index (Phi) is 3.58. The predicted molar refractivity (Wildman–Crippen MR) is 59.3 cm³/mol. The maximum atomic E-state index is 11.4. The Hall–Kier alpha value is -1.22. The van der Waals surface area contributed by atoms with E-state index in [0.29, 0.717) is 22.1 Å². The first-order valence-electron chi connectivity index (χ1n) is 4.45. The highest BCUT2D eigenvalue weighted by Gasteiger charge is 2.19. The quantitative estimate of drug-likeness (QED) is 0.747. The average Bonchev–Trinajstić information content (AvgIpc) is 2.15. The van der Waals surface area contributed by atoms with E-state index in [-0.39, 0.29) is 5.78 Å². The zero-order valence-electron chi connectivity index (χ0n) is 9.18. The van der Waals surface area contributed by atoms with Gasteiger partial charge in [0.25, 0.3) is 0 Å². The van der Waals surface area contributed by atoms with Gasteiger partial charge >= 0.3 is 0 Å². The van der Waals surface area contributed by atoms with E-state index < -0.39 is 0 Å². The van der Waals surface area contributed by atoms with Gasteiger partial charge in [0.2, 0.25) is 0 Å². The van der Waals surface area contributed by atoms with E-state index in [4.69, 9.17) is 21.1 Å². The molecule has 0 radical (unpaired) electrons. The van der Waals surface area contributed by atoms with Crippen molar-refractivity contribution in [3.05, 3.63) is 22.2 Å². The number of ether oxygens (including phenoxy) is 2. The topological polar surface area (TPSA) is 35.5 Å². The van der Waals surface area contributed by atoms with Crippen molar-refractivity contribution in [2.24, 2.45) is 0 Å². The van der Waals surface area contributed by atoms with Gasteiger partial charge in [0.05, 0.1) is 24.8 Å². The second kappa shape index (κ2) is 4.53. The fourth-order valence-electron chi connectivity index (χ4n) is 1.55. The van der Waals surface area contributed by atoms with Crippen LogP contribution in [-0.2, 0) is 0 Å². The molecule has 0 aromatic heterocycles. The zero-order chi connectivity index (χ0) is 11.6. The molecular formula is C11H13ClO3. The first kappa shape index (κ1) is 11.9. The Labute approximate surface area is 93.9 Å². The normalized spacial score (nSPS) is 9.93. The van der Waals surface area contributed by atoms with Gasteiger partial charge in [-0.05, 0) is 25.5 Å². The average molecular weight is 229 g/mol. The maximum absolute atomic E-state index is 11.4. The van der Waals surface area contributed by atoms with Crippen molar-refractivity contribution < 1.29 is 14.3 Å². The predicted octanol–water partition coefficient (Wildman–Crippen LogP) is 2.87. The molecule has 0 aliphatic heterocycles. The van der Waals surface area contributed by atoms with Crippen molar-refractivity contribution in [1.29, 1.82) is 0 Å². The van der Waals surface area contributed by atoms with E-state index in [1.54, 1.807) is 6.07 Å². The van der Waals surface area contributed by atoms with Crippen LogP contribution in [0.3, 0.4) is 0 Å². The summed E-state index contributed by atoms with van der Waals surface area (Å²) in [6.07, 6.45) is 0. The van der Waals surface area contributed by atoms with Crippen LogP contribution in [0.15, 0.2) is 6.07 Å². The number of hydrogen-bond acceptors (Lipinski definition) is 3. The molecule has 0 heterocycles. The van der Waals surface area contributed by atoms with Gasteiger partial charge in [0.1, 0.15) is 0 Å². The molecule has 0 saturated carbocycles. The molecule has 0 amide bonds. The van der Waals surface area contributed by atoms with Gasteiger partial charge in [-0.3, -0.25) is 4.79 Å². The summed E-state index contributed by atoms with van der Waals surface area (Å²) in [6, 6.07) is 1.69. The fraction of sp³-hybridized carbons (Fsp3) is 0.364. The van der Waals surface area contributed by atoms with Crippen molar-refractivity contribution in [3.63, 3.8) is 0 Å². The SMILES string of the molecule is COc1c(Cl)cc(C)c(C(C)=O)c1OC. The molecule has 0 N–H and O–H groups in total. The minimum atomic E-state index is -0.0701. The Morgan fingerprint density at radius 2 is 1.80 bits per heavy atom. The van der Waals surface area contributed by atoms with Crippen molar-refractivity contribution in [2.45, 2.75) is 13.8 Å². The molecule has 3 nitrogen and oxygen atoms in total. The van der Waals surface area contributed by atoms with Crippen molar-refractivity contribution in [2.75, 3.05) is 14.2 Å². The standard InChI is InChI=1S/C11H13ClO3/c1-6-5-8(12)10(14-3)11(15-4)9(6)7(2)13/h5H,1-4H3. The van der Waals surface area contributed by atoms with Crippen LogP contribution in [0, 0.1) is 6.92 Å². The lowest BCUT2D eigenvalue weighted by Crippen LogP contribution is -2.03. The second-order valence-electron chi connectivity index (χ2n) is 3.17. The Balaban J connectivity index is 3.56. The first-order chi connectivity index (χ1) is 7.02. The van der Waals surface area contributed by atoms with Gasteiger partial charge in [-0.15, -0.1) is 0 Å². The molecule has 0 atom stereocenters. The van der Waals surface area contributed by atoms with Gasteiger partial charge in [-0.2, -0.15) is 0 Å². The van der Waals surface area contributed by atoms with E-state index in [1.165, 1.54) is 21.1 Å². The molecule has 1 rings (SSSR count). The summed E-state index contributed by atoms with van der Waals surface area (Å²) in [7, 11) is 2.98. The number of methoxy groups -OCH3 is 2. The Morgan fingerprint density at radius 1 is 1.27 bits per heavy atom. The van der Waals surface area contributed by atoms with Gasteiger partial charge in [0, 0.05) is 0 Å². The highest BCUT2D eigenvalue weighted by Crippen LogP contribution is 2.39. The number of aryl methyl sites for hydroxylation is 1. The lowest BCUT2D eigenvalue weighted by atomic mass is 10.0. The third-order valence-electron chi connectivity index (χ3n) is 2.15. The summed E-state index contributed by atoms with van der Waals surface area (Å²) in [5.41, 5.74) is 1.30. The van der Waals surface area contributed by atoms with Gasteiger partial charge < -0.3 is 9.47 Å². The number of Topliss-reactive ketones (excluding diaryl/α,β-unsaturated/α-hetero) is 1. The van der Waals surface area contributed by atoms with Crippen LogP contribution in [0.2, 0.25) is 5.02 Å². The highest BCUT2D eigenvalue weighted by molar-refractivity contribution is 6.32. The smallest absolute Gasteiger partial charge is 0.180 e. The van der Waals surface area contributed by atoms with Crippen LogP contribution < -0.4 is 9.47 Å². The lowest BCUT2D eigenvalue weighted by molar-refractivity contribution is 0.101. The van der Waals surface area contributed by atoms with E-state index in [0.717, 1.165) is 5.56 Å². The van der Waals surface area contributed by atoms with E-state index in [2.05, 4.69) is 0 Å². The van der Waals surface area contributed by atoms with Crippen LogP contribution >= 0.6 is 11.6 Å². The van der Waals surface area contributed by atoms with E-state index in [1.807, 2.05) is 6.92 Å². The Bertz CT molecular complexity index is 399. The molecule has 0 fully saturated rings. The van der Waals surface area contributed by atoms with Crippen LogP contribution in [0.5, 0.6) is 11.5 Å². The van der Waals surface area contributed by atoms with Gasteiger partial charge in [0.15, 0.2) is 17.3 Å². The van der Waals surface area contributed by atoms with Crippen LogP contribution in [0.25, 0.3) is 0 Å². The second-order valence-corrected chi connectivity index (χ2v) is 3.58. The summed E-state index contributed by atoms with van der Waals surface area (Å²) >= 11 is 5.97. The molecule has 0 saturated heterocycles. The number of hydrogen-bond donors (Lipinski definition) is 0. The summed E-state index contributed by atoms with van der Waals surface area (Å²) in [5.74, 6) is 0.726. The molecule has 0 spiro atoms. The molecule has 15 heavy (non-hydrogen) atoms. The van der Waals surface area contributed by atoms with Crippen molar-refractivity contribution >= 4 is 17.4 Å².